The molecule has 1 rings (SSSR count). The number of hydrogen-bond donors (Lipinski definition) is 0. The van der Waals surface area contributed by atoms with Crippen molar-refractivity contribution in [2.45, 2.75) is 41.0 Å². The van der Waals surface area contributed by atoms with Gasteiger partial charge in [-0.1, -0.05) is 26.8 Å². The van der Waals surface area contributed by atoms with Crippen molar-refractivity contribution < 1.29 is 4.74 Å². The topological polar surface area (TPSA) is 9.23 Å². The molecule has 0 bridgehead atoms. The Bertz CT molecular complexity index is 211. The normalized spacial score (nSPS) is 21.7. The largest absolute Gasteiger partial charge is 0.501 e. The molecule has 0 aromatic carbocycles. The molecule has 0 saturated heterocycles. The summed E-state index contributed by atoms with van der Waals surface area (Å²) < 4.78 is 5.32. The molecule has 0 fully saturated rings. The maximum atomic E-state index is 5.32. The zero-order chi connectivity index (χ0) is 10.4. The van der Waals surface area contributed by atoms with E-state index in [-0.39, 0.29) is 0 Å². The zero-order valence-corrected chi connectivity index (χ0v) is 9.77. The van der Waals surface area contributed by atoms with Crippen LogP contribution in [0.3, 0.4) is 0 Å². The Hall–Kier alpha value is -0.720. The van der Waals surface area contributed by atoms with E-state index >= 15 is 0 Å². The number of allylic oxidation sites excluding steroid dienone is 4. The highest BCUT2D eigenvalue weighted by atomic mass is 16.5. The highest BCUT2D eigenvalue weighted by Gasteiger charge is 2.16. The summed E-state index contributed by atoms with van der Waals surface area (Å²) in [6, 6.07) is 0. The molecule has 0 saturated carbocycles. The first kappa shape index (κ1) is 12.3. The average molecular weight is 182 g/mol. The predicted molar refractivity (Wildman–Crippen MR) is 58.6 cm³/mol. The molecule has 1 aliphatic carbocycles. The molecule has 0 aromatic heterocycles. The minimum Gasteiger partial charge on any atom is -0.501 e. The Labute approximate surface area is 82.5 Å². The van der Waals surface area contributed by atoms with Crippen LogP contribution in [0.5, 0.6) is 0 Å². The van der Waals surface area contributed by atoms with E-state index in [1.807, 2.05) is 13.8 Å². The maximum absolute atomic E-state index is 5.32. The third kappa shape index (κ3) is 2.91. The minimum atomic E-state index is 0.559. The van der Waals surface area contributed by atoms with Gasteiger partial charge in [-0.3, -0.25) is 0 Å². The van der Waals surface area contributed by atoms with Crippen molar-refractivity contribution in [2.24, 2.45) is 5.92 Å². The van der Waals surface area contributed by atoms with Gasteiger partial charge in [0.1, 0.15) is 5.76 Å². The molecule has 1 unspecified atom stereocenters. The Morgan fingerprint density at radius 2 is 1.85 bits per heavy atom. The van der Waals surface area contributed by atoms with Gasteiger partial charge < -0.3 is 4.74 Å². The van der Waals surface area contributed by atoms with E-state index in [4.69, 9.17) is 4.74 Å². The van der Waals surface area contributed by atoms with Gasteiger partial charge in [0.2, 0.25) is 0 Å². The van der Waals surface area contributed by atoms with Gasteiger partial charge in [-0.25, -0.2) is 0 Å². The molecule has 76 valence electrons. The van der Waals surface area contributed by atoms with Crippen molar-refractivity contribution >= 4 is 0 Å². The fraction of sp³-hybridized carbons (Fsp3) is 0.667. The number of methoxy groups -OCH3 is 1. The van der Waals surface area contributed by atoms with Gasteiger partial charge in [-0.2, -0.15) is 0 Å². The van der Waals surface area contributed by atoms with Crippen molar-refractivity contribution in [3.8, 4) is 0 Å². The average Bonchev–Trinajstić information content (AvgIpc) is 2.16. The van der Waals surface area contributed by atoms with Crippen LogP contribution < -0.4 is 0 Å². The highest BCUT2D eigenvalue weighted by molar-refractivity contribution is 5.34. The molecule has 1 atom stereocenters. The second-order valence-electron chi connectivity index (χ2n) is 3.22. The van der Waals surface area contributed by atoms with Crippen LogP contribution in [-0.2, 0) is 4.74 Å². The number of rotatable bonds is 1. The molecular weight excluding hydrogens is 160 g/mol. The lowest BCUT2D eigenvalue weighted by Crippen LogP contribution is -2.08. The van der Waals surface area contributed by atoms with Gasteiger partial charge in [0.25, 0.3) is 0 Å². The lowest BCUT2D eigenvalue weighted by atomic mass is 9.91. The van der Waals surface area contributed by atoms with Gasteiger partial charge in [-0.15, -0.1) is 0 Å². The molecule has 0 heterocycles. The SMILES string of the molecule is CC.COC1=C(C)C(C)=CCC1C. The molecule has 0 N–H and O–H groups in total. The number of ether oxygens (including phenoxy) is 1. The van der Waals surface area contributed by atoms with Crippen LogP contribution in [0.2, 0.25) is 0 Å². The van der Waals surface area contributed by atoms with Crippen LogP contribution in [0, 0.1) is 5.92 Å². The standard InChI is InChI=1S/C10H16O.C2H6/c1-7-5-6-8(2)10(11-4)9(7)3;1-2/h5,8H,6H2,1-4H3;1-2H3. The summed E-state index contributed by atoms with van der Waals surface area (Å²) >= 11 is 0. The van der Waals surface area contributed by atoms with Crippen molar-refractivity contribution in [1.82, 2.24) is 0 Å². The summed E-state index contributed by atoms with van der Waals surface area (Å²) in [5.41, 5.74) is 2.67. The summed E-state index contributed by atoms with van der Waals surface area (Å²) in [6.45, 7) is 10.5. The van der Waals surface area contributed by atoms with Gasteiger partial charge in [-0.05, 0) is 31.4 Å². The Kier molecular flexibility index (Phi) is 5.52. The summed E-state index contributed by atoms with van der Waals surface area (Å²) in [4.78, 5) is 0. The zero-order valence-electron chi connectivity index (χ0n) is 9.77. The minimum absolute atomic E-state index is 0.559. The molecule has 1 nitrogen and oxygen atoms in total. The van der Waals surface area contributed by atoms with Gasteiger partial charge >= 0.3 is 0 Å². The highest BCUT2D eigenvalue weighted by Crippen LogP contribution is 2.29. The molecule has 13 heavy (non-hydrogen) atoms. The van der Waals surface area contributed by atoms with E-state index in [0.29, 0.717) is 5.92 Å². The molecular formula is C12H22O. The molecule has 0 spiro atoms. The third-order valence-corrected chi connectivity index (χ3v) is 2.41. The second kappa shape index (κ2) is 5.85. The van der Waals surface area contributed by atoms with Crippen molar-refractivity contribution in [1.29, 1.82) is 0 Å². The predicted octanol–water partition coefficient (Wildman–Crippen LogP) is 3.92. The second-order valence-corrected chi connectivity index (χ2v) is 3.22. The maximum Gasteiger partial charge on any atom is 0.102 e. The molecule has 0 aromatic rings. The molecule has 0 radical (unpaired) electrons. The van der Waals surface area contributed by atoms with Crippen LogP contribution in [0.25, 0.3) is 0 Å². The van der Waals surface area contributed by atoms with Crippen LogP contribution in [0.15, 0.2) is 23.0 Å². The summed E-state index contributed by atoms with van der Waals surface area (Å²) in [7, 11) is 1.76. The third-order valence-electron chi connectivity index (χ3n) is 2.41. The van der Waals surface area contributed by atoms with Gasteiger partial charge in [0.15, 0.2) is 0 Å². The first-order valence-electron chi connectivity index (χ1n) is 5.08. The molecule has 1 aliphatic rings. The first-order chi connectivity index (χ1) is 6.16. The molecule has 0 amide bonds. The quantitative estimate of drug-likeness (QED) is 0.597. The van der Waals surface area contributed by atoms with Gasteiger partial charge in [0, 0.05) is 5.92 Å². The lowest BCUT2D eigenvalue weighted by Gasteiger charge is -2.21. The van der Waals surface area contributed by atoms with Crippen molar-refractivity contribution in [3.63, 3.8) is 0 Å². The summed E-state index contributed by atoms with van der Waals surface area (Å²) in [6.07, 6.45) is 3.40. The Morgan fingerprint density at radius 3 is 2.23 bits per heavy atom. The van der Waals surface area contributed by atoms with E-state index in [0.717, 1.165) is 12.2 Å². The summed E-state index contributed by atoms with van der Waals surface area (Å²) in [5, 5.41) is 0. The summed E-state index contributed by atoms with van der Waals surface area (Å²) in [5.74, 6) is 1.72. The fourth-order valence-electron chi connectivity index (χ4n) is 1.53. The van der Waals surface area contributed by atoms with Crippen LogP contribution >= 0.6 is 0 Å². The van der Waals surface area contributed by atoms with E-state index in [1.165, 1.54) is 11.1 Å². The van der Waals surface area contributed by atoms with Crippen LogP contribution in [0.1, 0.15) is 41.0 Å². The fourth-order valence-corrected chi connectivity index (χ4v) is 1.53. The van der Waals surface area contributed by atoms with E-state index in [2.05, 4.69) is 26.8 Å². The first-order valence-corrected chi connectivity index (χ1v) is 5.08. The Balaban J connectivity index is 0.000000671. The van der Waals surface area contributed by atoms with Crippen molar-refractivity contribution in [3.05, 3.63) is 23.0 Å². The number of hydrogen-bond acceptors (Lipinski definition) is 1. The van der Waals surface area contributed by atoms with E-state index < -0.39 is 0 Å². The monoisotopic (exact) mass is 182 g/mol. The smallest absolute Gasteiger partial charge is 0.102 e. The lowest BCUT2D eigenvalue weighted by molar-refractivity contribution is 0.241. The molecule has 1 heteroatoms. The van der Waals surface area contributed by atoms with E-state index in [9.17, 15) is 0 Å². The van der Waals surface area contributed by atoms with Gasteiger partial charge in [0.05, 0.1) is 7.11 Å². The van der Waals surface area contributed by atoms with Crippen LogP contribution in [0.4, 0.5) is 0 Å². The van der Waals surface area contributed by atoms with E-state index in [1.54, 1.807) is 7.11 Å². The Morgan fingerprint density at radius 1 is 1.31 bits per heavy atom. The van der Waals surface area contributed by atoms with Crippen molar-refractivity contribution in [2.75, 3.05) is 7.11 Å². The molecule has 0 aliphatic heterocycles. The van der Waals surface area contributed by atoms with Crippen LogP contribution in [-0.4, -0.2) is 7.11 Å².